The summed E-state index contributed by atoms with van der Waals surface area (Å²) in [5.74, 6) is 1.84. The van der Waals surface area contributed by atoms with Crippen LogP contribution < -0.4 is 4.74 Å². The third-order valence-corrected chi connectivity index (χ3v) is 4.15. The monoisotopic (exact) mass is 344 g/mol. The van der Waals surface area contributed by atoms with Crippen molar-refractivity contribution >= 4 is 11.8 Å². The van der Waals surface area contributed by atoms with Crippen LogP contribution in [0.25, 0.3) is 0 Å². The van der Waals surface area contributed by atoms with Gasteiger partial charge in [-0.3, -0.25) is 0 Å². The Morgan fingerprint density at radius 2 is 1.79 bits per heavy atom. The van der Waals surface area contributed by atoms with E-state index in [1.807, 2.05) is 30.3 Å². The van der Waals surface area contributed by atoms with Gasteiger partial charge in [-0.2, -0.15) is 0 Å². The molecule has 0 radical (unpaired) electrons. The number of nitrogens with zero attached hydrogens (tertiary/aromatic N) is 2. The van der Waals surface area contributed by atoms with Crippen LogP contribution in [-0.2, 0) is 6.42 Å². The molecule has 3 rings (SSSR count). The molecular formula is C18H17FN2O2S. The summed E-state index contributed by atoms with van der Waals surface area (Å²) >= 11 is 1.51. The smallest absolute Gasteiger partial charge is 0.276 e. The number of halogens is 1. The maximum Gasteiger partial charge on any atom is 0.276 e. The topological polar surface area (TPSA) is 48.2 Å². The Balaban J connectivity index is 1.37. The van der Waals surface area contributed by atoms with E-state index in [0.29, 0.717) is 29.9 Å². The molecule has 0 aliphatic heterocycles. The number of thioether (sulfide) groups is 1. The van der Waals surface area contributed by atoms with Crippen LogP contribution in [0.1, 0.15) is 17.9 Å². The summed E-state index contributed by atoms with van der Waals surface area (Å²) in [4.78, 5) is 0. The lowest BCUT2D eigenvalue weighted by Crippen LogP contribution is -1.98. The Bertz CT molecular complexity index is 747. The van der Waals surface area contributed by atoms with E-state index in [1.165, 1.54) is 23.9 Å². The summed E-state index contributed by atoms with van der Waals surface area (Å²) in [5, 5.41) is 8.68. The number of ether oxygens (including phenoxy) is 1. The van der Waals surface area contributed by atoms with E-state index in [-0.39, 0.29) is 5.82 Å². The second-order valence-corrected chi connectivity index (χ2v) is 6.17. The van der Waals surface area contributed by atoms with Gasteiger partial charge in [-0.25, -0.2) is 4.39 Å². The molecule has 0 spiro atoms. The lowest BCUT2D eigenvalue weighted by Gasteiger charge is -2.04. The highest BCUT2D eigenvalue weighted by atomic mass is 32.2. The number of hydrogen-bond acceptors (Lipinski definition) is 5. The number of aromatic nitrogens is 2. The van der Waals surface area contributed by atoms with Gasteiger partial charge in [0.15, 0.2) is 0 Å². The number of hydrogen-bond donors (Lipinski definition) is 0. The average Bonchev–Trinajstić information content (AvgIpc) is 3.04. The van der Waals surface area contributed by atoms with Gasteiger partial charge in [0.05, 0.1) is 13.0 Å². The van der Waals surface area contributed by atoms with E-state index in [1.54, 1.807) is 12.1 Å². The lowest BCUT2D eigenvalue weighted by molar-refractivity contribution is 0.318. The molecule has 0 atom stereocenters. The van der Waals surface area contributed by atoms with Crippen LogP contribution in [0.15, 0.2) is 64.2 Å². The first-order valence-electron chi connectivity index (χ1n) is 7.67. The first-order valence-corrected chi connectivity index (χ1v) is 8.65. The molecule has 6 heteroatoms. The molecule has 0 bridgehead atoms. The molecule has 0 amide bonds. The highest BCUT2D eigenvalue weighted by Crippen LogP contribution is 2.19. The molecule has 1 aromatic heterocycles. The Labute approximate surface area is 144 Å². The molecule has 0 N–H and O–H groups in total. The third-order valence-electron chi connectivity index (χ3n) is 3.24. The third kappa shape index (κ3) is 5.09. The fourth-order valence-electron chi connectivity index (χ4n) is 2.08. The molecule has 24 heavy (non-hydrogen) atoms. The fraction of sp³-hybridized carbons (Fsp3) is 0.222. The summed E-state index contributed by atoms with van der Waals surface area (Å²) in [6, 6.07) is 16.0. The summed E-state index contributed by atoms with van der Waals surface area (Å²) in [6.07, 6.45) is 1.47. The van der Waals surface area contributed by atoms with E-state index in [4.69, 9.17) is 9.15 Å². The zero-order valence-electron chi connectivity index (χ0n) is 13.0. The van der Waals surface area contributed by atoms with Gasteiger partial charge in [-0.05, 0) is 36.2 Å². The Morgan fingerprint density at radius 1 is 1.00 bits per heavy atom. The van der Waals surface area contributed by atoms with Crippen LogP contribution in [0.2, 0.25) is 0 Å². The van der Waals surface area contributed by atoms with Crippen LogP contribution in [0.5, 0.6) is 5.75 Å². The second-order valence-electron chi connectivity index (χ2n) is 5.13. The SMILES string of the molecule is Fc1ccc(OCCCSc2nnc(Cc3ccccc3)o2)cc1. The van der Waals surface area contributed by atoms with Crippen molar-refractivity contribution in [2.24, 2.45) is 0 Å². The molecule has 0 aliphatic carbocycles. The summed E-state index contributed by atoms with van der Waals surface area (Å²) in [7, 11) is 0. The number of benzene rings is 2. The van der Waals surface area contributed by atoms with Crippen LogP contribution in [0.4, 0.5) is 4.39 Å². The molecule has 0 aliphatic rings. The minimum atomic E-state index is -0.263. The van der Waals surface area contributed by atoms with E-state index >= 15 is 0 Å². The van der Waals surface area contributed by atoms with Gasteiger partial charge < -0.3 is 9.15 Å². The summed E-state index contributed by atoms with van der Waals surface area (Å²) < 4.78 is 23.9. The normalized spacial score (nSPS) is 10.7. The zero-order chi connectivity index (χ0) is 16.6. The van der Waals surface area contributed by atoms with Gasteiger partial charge in [-0.15, -0.1) is 10.2 Å². The van der Waals surface area contributed by atoms with E-state index in [0.717, 1.165) is 17.7 Å². The number of rotatable bonds is 8. The molecule has 0 saturated heterocycles. The van der Waals surface area contributed by atoms with Crippen LogP contribution in [0.3, 0.4) is 0 Å². The molecule has 3 aromatic rings. The van der Waals surface area contributed by atoms with Crippen LogP contribution >= 0.6 is 11.8 Å². The standard InChI is InChI=1S/C18H17FN2O2S/c19-15-7-9-16(10-8-15)22-11-4-12-24-18-21-20-17(23-18)13-14-5-2-1-3-6-14/h1-3,5-10H,4,11-13H2. The van der Waals surface area contributed by atoms with Crippen LogP contribution in [-0.4, -0.2) is 22.6 Å². The fourth-order valence-corrected chi connectivity index (χ4v) is 2.77. The summed E-state index contributed by atoms with van der Waals surface area (Å²) in [5.41, 5.74) is 1.14. The maximum atomic E-state index is 12.8. The van der Waals surface area contributed by atoms with Crippen molar-refractivity contribution in [2.45, 2.75) is 18.1 Å². The Kier molecular flexibility index (Phi) is 5.85. The van der Waals surface area contributed by atoms with Crippen molar-refractivity contribution in [3.8, 4) is 5.75 Å². The lowest BCUT2D eigenvalue weighted by atomic mass is 10.2. The highest BCUT2D eigenvalue weighted by Gasteiger charge is 2.07. The van der Waals surface area contributed by atoms with Gasteiger partial charge in [0, 0.05) is 5.75 Å². The predicted molar refractivity (Wildman–Crippen MR) is 90.8 cm³/mol. The van der Waals surface area contributed by atoms with E-state index < -0.39 is 0 Å². The zero-order valence-corrected chi connectivity index (χ0v) is 13.8. The minimum Gasteiger partial charge on any atom is -0.494 e. The average molecular weight is 344 g/mol. The second kappa shape index (κ2) is 8.49. The maximum absolute atomic E-state index is 12.8. The largest absolute Gasteiger partial charge is 0.494 e. The van der Waals surface area contributed by atoms with Crippen molar-refractivity contribution in [2.75, 3.05) is 12.4 Å². The highest BCUT2D eigenvalue weighted by molar-refractivity contribution is 7.99. The first-order chi connectivity index (χ1) is 11.8. The van der Waals surface area contributed by atoms with Crippen molar-refractivity contribution in [1.82, 2.24) is 10.2 Å². The quantitative estimate of drug-likeness (QED) is 0.449. The Hall–Kier alpha value is -2.34. The van der Waals surface area contributed by atoms with Gasteiger partial charge in [0.25, 0.3) is 5.22 Å². The van der Waals surface area contributed by atoms with E-state index in [9.17, 15) is 4.39 Å². The van der Waals surface area contributed by atoms with Gasteiger partial charge in [0.2, 0.25) is 5.89 Å². The molecule has 1 heterocycles. The van der Waals surface area contributed by atoms with Crippen molar-refractivity contribution in [1.29, 1.82) is 0 Å². The molecular weight excluding hydrogens is 327 g/mol. The predicted octanol–water partition coefficient (Wildman–Crippen LogP) is 4.36. The van der Waals surface area contributed by atoms with E-state index in [2.05, 4.69) is 10.2 Å². The molecule has 0 saturated carbocycles. The molecule has 0 unspecified atom stereocenters. The molecule has 0 fully saturated rings. The molecule has 2 aromatic carbocycles. The molecule has 4 nitrogen and oxygen atoms in total. The van der Waals surface area contributed by atoms with Crippen molar-refractivity contribution < 1.29 is 13.5 Å². The van der Waals surface area contributed by atoms with Crippen molar-refractivity contribution in [3.05, 3.63) is 71.9 Å². The van der Waals surface area contributed by atoms with Gasteiger partial charge >= 0.3 is 0 Å². The van der Waals surface area contributed by atoms with Gasteiger partial charge in [0.1, 0.15) is 11.6 Å². The van der Waals surface area contributed by atoms with Crippen molar-refractivity contribution in [3.63, 3.8) is 0 Å². The molecule has 124 valence electrons. The first kappa shape index (κ1) is 16.5. The van der Waals surface area contributed by atoms with Gasteiger partial charge in [-0.1, -0.05) is 42.1 Å². The Morgan fingerprint density at radius 3 is 2.58 bits per heavy atom. The minimum absolute atomic E-state index is 0.263. The van der Waals surface area contributed by atoms with Crippen LogP contribution in [0, 0.1) is 5.82 Å². The summed E-state index contributed by atoms with van der Waals surface area (Å²) in [6.45, 7) is 0.559.